The molecule has 32 heavy (non-hydrogen) atoms. The number of aryl methyl sites for hydroxylation is 1. The van der Waals surface area contributed by atoms with Crippen LogP contribution >= 0.6 is 0 Å². The first kappa shape index (κ1) is 20.4. The largest absolute Gasteiger partial charge is 0.497 e. The summed E-state index contributed by atoms with van der Waals surface area (Å²) in [6.07, 6.45) is 2.28. The highest BCUT2D eigenvalue weighted by atomic mass is 16.5. The van der Waals surface area contributed by atoms with Gasteiger partial charge in [-0.15, -0.1) is 0 Å². The first-order chi connectivity index (χ1) is 15.7. The van der Waals surface area contributed by atoms with Gasteiger partial charge < -0.3 is 15.4 Å². The van der Waals surface area contributed by atoms with Crippen LogP contribution in [0.25, 0.3) is 0 Å². The van der Waals surface area contributed by atoms with Crippen LogP contribution in [-0.2, 0) is 11.2 Å². The van der Waals surface area contributed by atoms with Gasteiger partial charge >= 0.3 is 0 Å². The van der Waals surface area contributed by atoms with E-state index in [1.165, 1.54) is 5.56 Å². The lowest BCUT2D eigenvalue weighted by molar-refractivity contribution is -0.116. The fourth-order valence-corrected chi connectivity index (χ4v) is 4.82. The minimum Gasteiger partial charge on any atom is -0.497 e. The molecule has 1 aliphatic carbocycles. The van der Waals surface area contributed by atoms with Crippen LogP contribution in [0.3, 0.4) is 0 Å². The van der Waals surface area contributed by atoms with Gasteiger partial charge in [-0.2, -0.15) is 0 Å². The molecule has 0 saturated carbocycles. The molecule has 5 rings (SSSR count). The highest BCUT2D eigenvalue weighted by molar-refractivity contribution is 6.01. The van der Waals surface area contributed by atoms with Crippen LogP contribution in [0.1, 0.15) is 48.4 Å². The number of ether oxygens (including phenoxy) is 1. The number of carbonyl (C=O) groups excluding carboxylic acids is 1. The third kappa shape index (κ3) is 3.77. The van der Waals surface area contributed by atoms with E-state index in [2.05, 4.69) is 60.0 Å². The molecule has 2 aliphatic rings. The van der Waals surface area contributed by atoms with Gasteiger partial charge in [-0.05, 0) is 59.7 Å². The van der Waals surface area contributed by atoms with Crippen LogP contribution < -0.4 is 15.4 Å². The maximum absolute atomic E-state index is 13.6. The molecule has 0 fully saturated rings. The van der Waals surface area contributed by atoms with E-state index in [1.54, 1.807) is 7.11 Å². The molecule has 4 heteroatoms. The Bertz CT molecular complexity index is 1180. The van der Waals surface area contributed by atoms with E-state index in [9.17, 15) is 4.79 Å². The molecule has 4 nitrogen and oxygen atoms in total. The van der Waals surface area contributed by atoms with E-state index in [-0.39, 0.29) is 17.7 Å². The number of ketones is 1. The zero-order valence-corrected chi connectivity index (χ0v) is 18.5. The summed E-state index contributed by atoms with van der Waals surface area (Å²) < 4.78 is 5.42. The van der Waals surface area contributed by atoms with Crippen LogP contribution in [-0.4, -0.2) is 12.9 Å². The molecule has 1 aliphatic heterocycles. The van der Waals surface area contributed by atoms with Crippen molar-refractivity contribution in [1.82, 2.24) is 0 Å². The number of hydrogen-bond acceptors (Lipinski definition) is 4. The molecule has 0 amide bonds. The molecule has 162 valence electrons. The summed E-state index contributed by atoms with van der Waals surface area (Å²) >= 11 is 0. The minimum atomic E-state index is -0.175. The summed E-state index contributed by atoms with van der Waals surface area (Å²) in [6.45, 7) is 2.16. The Morgan fingerprint density at radius 2 is 1.69 bits per heavy atom. The van der Waals surface area contributed by atoms with Crippen molar-refractivity contribution in [1.29, 1.82) is 0 Å². The molecule has 0 radical (unpaired) electrons. The molecule has 1 heterocycles. The lowest BCUT2D eigenvalue weighted by Crippen LogP contribution is -2.26. The zero-order valence-electron chi connectivity index (χ0n) is 18.5. The van der Waals surface area contributed by atoms with Gasteiger partial charge in [0.15, 0.2) is 5.78 Å². The summed E-state index contributed by atoms with van der Waals surface area (Å²) in [7, 11) is 1.68. The van der Waals surface area contributed by atoms with Crippen molar-refractivity contribution < 1.29 is 9.53 Å². The number of fused-ring (bicyclic) bond motifs is 1. The van der Waals surface area contributed by atoms with Crippen molar-refractivity contribution in [3.8, 4) is 5.75 Å². The summed E-state index contributed by atoms with van der Waals surface area (Å²) in [5.41, 5.74) is 7.43. The van der Waals surface area contributed by atoms with Crippen LogP contribution in [0, 0.1) is 0 Å². The maximum atomic E-state index is 13.6. The molecule has 2 unspecified atom stereocenters. The Kier molecular flexibility index (Phi) is 5.44. The number of rotatable bonds is 4. The topological polar surface area (TPSA) is 50.4 Å². The third-order valence-corrected chi connectivity index (χ3v) is 6.60. The van der Waals surface area contributed by atoms with E-state index >= 15 is 0 Å². The lowest BCUT2D eigenvalue weighted by atomic mass is 9.78. The van der Waals surface area contributed by atoms with Gasteiger partial charge in [0, 0.05) is 17.7 Å². The Labute approximate surface area is 189 Å². The van der Waals surface area contributed by atoms with Gasteiger partial charge in [0.2, 0.25) is 0 Å². The second-order valence-corrected chi connectivity index (χ2v) is 8.54. The number of carbonyl (C=O) groups is 1. The number of nitrogens with one attached hydrogen (secondary N) is 2. The number of anilines is 2. The van der Waals surface area contributed by atoms with Crippen LogP contribution in [0.4, 0.5) is 11.4 Å². The van der Waals surface area contributed by atoms with Crippen LogP contribution in [0.5, 0.6) is 5.75 Å². The zero-order chi connectivity index (χ0) is 22.1. The molecular weight excluding hydrogens is 396 g/mol. The molecule has 2 atom stereocenters. The van der Waals surface area contributed by atoms with Gasteiger partial charge in [-0.3, -0.25) is 4.79 Å². The fourth-order valence-electron chi connectivity index (χ4n) is 4.82. The van der Waals surface area contributed by atoms with Crippen molar-refractivity contribution in [2.75, 3.05) is 17.7 Å². The Morgan fingerprint density at radius 1 is 0.906 bits per heavy atom. The first-order valence-electron chi connectivity index (χ1n) is 11.3. The Hall–Kier alpha value is -3.53. The monoisotopic (exact) mass is 424 g/mol. The molecule has 3 aromatic rings. The molecule has 0 aromatic heterocycles. The standard InChI is InChI=1S/C28H28N2O2/c1-3-18-11-13-19(14-12-18)28-27-25(29-23-9-4-5-10-24(23)30-28)16-21(17-26(27)31)20-7-6-8-22(15-20)32-2/h4-15,21,28-30H,3,16-17H2,1-2H3. The van der Waals surface area contributed by atoms with Gasteiger partial charge in [0.05, 0.1) is 24.5 Å². The predicted molar refractivity (Wildman–Crippen MR) is 129 cm³/mol. The second kappa shape index (κ2) is 8.54. The number of benzene rings is 3. The first-order valence-corrected chi connectivity index (χ1v) is 11.3. The highest BCUT2D eigenvalue weighted by Crippen LogP contribution is 2.44. The van der Waals surface area contributed by atoms with Gasteiger partial charge in [0.25, 0.3) is 0 Å². The number of Topliss-reactive ketones (excluding diaryl/α,β-unsaturated/α-hetero) is 1. The van der Waals surface area contributed by atoms with E-state index in [1.807, 2.05) is 30.3 Å². The number of methoxy groups -OCH3 is 1. The maximum Gasteiger partial charge on any atom is 0.163 e. The highest BCUT2D eigenvalue weighted by Gasteiger charge is 2.36. The van der Waals surface area contributed by atoms with Crippen molar-refractivity contribution in [3.63, 3.8) is 0 Å². The fraction of sp³-hybridized carbons (Fsp3) is 0.250. The molecule has 0 saturated heterocycles. The average molecular weight is 425 g/mol. The quantitative estimate of drug-likeness (QED) is 0.521. The average Bonchev–Trinajstić information content (AvgIpc) is 3.01. The van der Waals surface area contributed by atoms with Gasteiger partial charge in [-0.1, -0.05) is 55.5 Å². The minimum absolute atomic E-state index is 0.122. The van der Waals surface area contributed by atoms with Gasteiger partial charge in [0.1, 0.15) is 5.75 Å². The van der Waals surface area contributed by atoms with Crippen LogP contribution in [0.2, 0.25) is 0 Å². The molecule has 0 bridgehead atoms. The van der Waals surface area contributed by atoms with E-state index in [4.69, 9.17) is 4.74 Å². The van der Waals surface area contributed by atoms with E-state index in [0.29, 0.717) is 6.42 Å². The number of hydrogen-bond donors (Lipinski definition) is 2. The Morgan fingerprint density at radius 3 is 2.44 bits per heavy atom. The summed E-state index contributed by atoms with van der Waals surface area (Å²) in [5.74, 6) is 1.14. The van der Waals surface area contributed by atoms with E-state index in [0.717, 1.165) is 52.4 Å². The van der Waals surface area contributed by atoms with E-state index < -0.39 is 0 Å². The predicted octanol–water partition coefficient (Wildman–Crippen LogP) is 6.24. The van der Waals surface area contributed by atoms with Crippen molar-refractivity contribution in [2.45, 2.75) is 38.1 Å². The molecule has 2 N–H and O–H groups in total. The molecule has 0 spiro atoms. The summed E-state index contributed by atoms with van der Waals surface area (Å²) in [6, 6.07) is 24.7. The van der Waals surface area contributed by atoms with Crippen molar-refractivity contribution >= 4 is 17.2 Å². The SMILES string of the molecule is CCc1ccc(C2Nc3ccccc3NC3=C2C(=O)CC(c2cccc(OC)c2)C3)cc1. The summed E-state index contributed by atoms with van der Waals surface area (Å²) in [5, 5.41) is 7.26. The molecular formula is C28H28N2O2. The number of allylic oxidation sites excluding steroid dienone is 1. The normalized spacial score (nSPS) is 19.9. The smallest absolute Gasteiger partial charge is 0.163 e. The summed E-state index contributed by atoms with van der Waals surface area (Å²) in [4.78, 5) is 13.6. The van der Waals surface area contributed by atoms with Crippen LogP contribution in [0.15, 0.2) is 84.1 Å². The second-order valence-electron chi connectivity index (χ2n) is 8.54. The number of para-hydroxylation sites is 2. The third-order valence-electron chi connectivity index (χ3n) is 6.60. The molecule has 3 aromatic carbocycles. The lowest BCUT2D eigenvalue weighted by Gasteiger charge is -2.30. The Balaban J connectivity index is 1.58. The van der Waals surface area contributed by atoms with Crippen molar-refractivity contribution in [2.24, 2.45) is 0 Å². The van der Waals surface area contributed by atoms with Gasteiger partial charge in [-0.25, -0.2) is 0 Å². The van der Waals surface area contributed by atoms with Crippen molar-refractivity contribution in [3.05, 3.63) is 101 Å².